The fraction of sp³-hybridized carbons (Fsp3) is 0.0909. The van der Waals surface area contributed by atoms with Crippen LogP contribution in [0.15, 0.2) is 48.8 Å². The van der Waals surface area contributed by atoms with Gasteiger partial charge in [-0.05, 0) is 31.2 Å². The predicted molar refractivity (Wildman–Crippen MR) is 114 cm³/mol. The molecule has 0 saturated heterocycles. The molecule has 0 aliphatic carbocycles. The molecule has 7 heteroatoms. The number of aromatic amines is 1. The Hall–Kier alpha value is -3.02. The second kappa shape index (κ2) is 6.51. The minimum atomic E-state index is -0.660. The van der Waals surface area contributed by atoms with Crippen LogP contribution in [0.2, 0.25) is 10.0 Å². The second-order valence-electron chi connectivity index (χ2n) is 6.81. The minimum absolute atomic E-state index is 0.244. The number of nitrogens with one attached hydrogen (secondary N) is 1. The van der Waals surface area contributed by atoms with Gasteiger partial charge in [-0.25, -0.2) is 9.59 Å². The summed E-state index contributed by atoms with van der Waals surface area (Å²) < 4.78 is 7.02. The van der Waals surface area contributed by atoms with Gasteiger partial charge in [0.2, 0.25) is 0 Å². The van der Waals surface area contributed by atoms with Gasteiger partial charge >= 0.3 is 11.9 Å². The molecule has 1 aliphatic rings. The molecule has 0 spiro atoms. The number of benzene rings is 2. The summed E-state index contributed by atoms with van der Waals surface area (Å²) in [6, 6.07) is 10.8. The Morgan fingerprint density at radius 2 is 1.59 bits per heavy atom. The number of esters is 2. The number of fused-ring (bicyclic) bond motifs is 2. The van der Waals surface area contributed by atoms with Crippen molar-refractivity contribution in [1.29, 1.82) is 0 Å². The maximum Gasteiger partial charge on any atom is 0.347 e. The van der Waals surface area contributed by atoms with Gasteiger partial charge in [-0.1, -0.05) is 35.3 Å². The van der Waals surface area contributed by atoms with E-state index in [1.165, 1.54) is 0 Å². The zero-order valence-electron chi connectivity index (χ0n) is 15.3. The monoisotopic (exact) mass is 424 g/mol. The number of rotatable bonds is 3. The number of ether oxygens (including phenoxy) is 1. The molecule has 0 atom stereocenters. The Morgan fingerprint density at radius 1 is 0.931 bits per heavy atom. The molecule has 2 aromatic heterocycles. The first-order chi connectivity index (χ1) is 14.0. The summed E-state index contributed by atoms with van der Waals surface area (Å²) in [6.45, 7) is 2.69. The first-order valence-electron chi connectivity index (χ1n) is 9.04. The third-order valence-electron chi connectivity index (χ3n) is 5.21. The third-order valence-corrected chi connectivity index (χ3v) is 5.68. The van der Waals surface area contributed by atoms with Crippen LogP contribution in [0.1, 0.15) is 18.1 Å². The summed E-state index contributed by atoms with van der Waals surface area (Å²) in [5, 5.41) is 2.80. The van der Waals surface area contributed by atoms with E-state index in [9.17, 15) is 9.59 Å². The van der Waals surface area contributed by atoms with Gasteiger partial charge in [0.15, 0.2) is 0 Å². The lowest BCUT2D eigenvalue weighted by Gasteiger charge is -2.02. The highest BCUT2D eigenvalue weighted by Crippen LogP contribution is 2.40. The molecule has 3 heterocycles. The zero-order valence-corrected chi connectivity index (χ0v) is 16.8. The van der Waals surface area contributed by atoms with E-state index in [-0.39, 0.29) is 11.1 Å². The molecule has 144 valence electrons. The molecule has 1 aliphatic heterocycles. The highest BCUT2D eigenvalue weighted by Gasteiger charge is 2.37. The maximum absolute atomic E-state index is 12.7. The van der Waals surface area contributed by atoms with E-state index in [2.05, 4.69) is 4.98 Å². The molecular weight excluding hydrogens is 411 g/mol. The van der Waals surface area contributed by atoms with Crippen LogP contribution < -0.4 is 0 Å². The van der Waals surface area contributed by atoms with Crippen LogP contribution in [-0.4, -0.2) is 21.5 Å². The van der Waals surface area contributed by atoms with Crippen LogP contribution in [-0.2, 0) is 20.9 Å². The highest BCUT2D eigenvalue weighted by molar-refractivity contribution is 6.47. The molecule has 0 radical (unpaired) electrons. The van der Waals surface area contributed by atoms with Crippen LogP contribution in [0.25, 0.3) is 33.0 Å². The summed E-state index contributed by atoms with van der Waals surface area (Å²) >= 11 is 12.2. The number of nitrogens with zero attached hydrogens (tertiary/aromatic N) is 1. The summed E-state index contributed by atoms with van der Waals surface area (Å²) in [5.74, 6) is -1.31. The molecule has 0 saturated carbocycles. The Labute approximate surface area is 175 Å². The predicted octanol–water partition coefficient (Wildman–Crippen LogP) is 5.44. The van der Waals surface area contributed by atoms with Crippen LogP contribution >= 0.6 is 23.2 Å². The quantitative estimate of drug-likeness (QED) is 0.351. The number of halogens is 2. The van der Waals surface area contributed by atoms with Gasteiger partial charge in [-0.3, -0.25) is 0 Å². The van der Waals surface area contributed by atoms with Crippen molar-refractivity contribution in [2.45, 2.75) is 13.5 Å². The first-order valence-corrected chi connectivity index (χ1v) is 9.80. The van der Waals surface area contributed by atoms with Crippen molar-refractivity contribution < 1.29 is 14.3 Å². The van der Waals surface area contributed by atoms with Crippen molar-refractivity contribution in [3.63, 3.8) is 0 Å². The van der Waals surface area contributed by atoms with Crippen molar-refractivity contribution in [2.24, 2.45) is 0 Å². The average Bonchev–Trinajstić information content (AvgIpc) is 3.33. The molecule has 29 heavy (non-hydrogen) atoms. The molecule has 0 amide bonds. The number of aromatic nitrogens is 2. The van der Waals surface area contributed by atoms with E-state index in [0.717, 1.165) is 21.8 Å². The molecule has 0 unspecified atom stereocenters. The van der Waals surface area contributed by atoms with E-state index in [0.29, 0.717) is 27.7 Å². The number of hydrogen-bond donors (Lipinski definition) is 1. The first kappa shape index (κ1) is 18.0. The Balaban J connectivity index is 1.84. The fourth-order valence-electron chi connectivity index (χ4n) is 3.91. The van der Waals surface area contributed by atoms with Crippen LogP contribution in [0.4, 0.5) is 0 Å². The van der Waals surface area contributed by atoms with E-state index in [4.69, 9.17) is 27.9 Å². The van der Waals surface area contributed by atoms with Crippen molar-refractivity contribution in [1.82, 2.24) is 9.55 Å². The molecule has 5 nitrogen and oxygen atoms in total. The van der Waals surface area contributed by atoms with E-state index in [1.54, 1.807) is 24.4 Å². The van der Waals surface area contributed by atoms with Crippen molar-refractivity contribution in [2.75, 3.05) is 0 Å². The number of hydrogen-bond acceptors (Lipinski definition) is 3. The van der Waals surface area contributed by atoms with Gasteiger partial charge in [0, 0.05) is 56.4 Å². The largest absolute Gasteiger partial charge is 0.386 e. The number of aryl methyl sites for hydroxylation is 1. The van der Waals surface area contributed by atoms with Crippen LogP contribution in [0.5, 0.6) is 0 Å². The smallest absolute Gasteiger partial charge is 0.347 e. The Morgan fingerprint density at radius 3 is 2.31 bits per heavy atom. The third kappa shape index (κ3) is 2.69. The van der Waals surface area contributed by atoms with Gasteiger partial charge in [-0.2, -0.15) is 0 Å². The van der Waals surface area contributed by atoms with Crippen molar-refractivity contribution in [3.05, 3.63) is 70.0 Å². The number of H-pyrrole nitrogens is 1. The molecule has 0 fully saturated rings. The summed E-state index contributed by atoms with van der Waals surface area (Å²) in [7, 11) is 0. The second-order valence-corrected chi connectivity index (χ2v) is 7.68. The highest BCUT2D eigenvalue weighted by atomic mass is 35.5. The minimum Gasteiger partial charge on any atom is -0.386 e. The van der Waals surface area contributed by atoms with Crippen molar-refractivity contribution in [3.8, 4) is 0 Å². The Kier molecular flexibility index (Phi) is 4.05. The number of cyclic esters (lactones) is 2. The standard InChI is InChI=1S/C22H14Cl2N2O3/c1-2-26-10-16(14-6-4-12(24)8-18(14)26)20-19(21(27)29-22(20)28)15-9-25-17-7-11(23)3-5-13(15)17/h3-10,25H,2H2,1H3. The topological polar surface area (TPSA) is 64.1 Å². The normalized spacial score (nSPS) is 14.4. The van der Waals surface area contributed by atoms with Gasteiger partial charge in [0.1, 0.15) is 0 Å². The molecule has 2 aromatic carbocycles. The van der Waals surface area contributed by atoms with Gasteiger partial charge in [-0.15, -0.1) is 0 Å². The van der Waals surface area contributed by atoms with E-state index in [1.807, 2.05) is 35.9 Å². The summed E-state index contributed by atoms with van der Waals surface area (Å²) in [6.07, 6.45) is 3.56. The lowest BCUT2D eigenvalue weighted by Crippen LogP contribution is -2.01. The molecular formula is C22H14Cl2N2O3. The maximum atomic E-state index is 12.7. The van der Waals surface area contributed by atoms with Crippen molar-refractivity contribution >= 4 is 68.1 Å². The van der Waals surface area contributed by atoms with Gasteiger partial charge in [0.25, 0.3) is 0 Å². The lowest BCUT2D eigenvalue weighted by molar-refractivity contribution is -0.149. The van der Waals surface area contributed by atoms with Gasteiger partial charge < -0.3 is 14.3 Å². The van der Waals surface area contributed by atoms with Crippen LogP contribution in [0, 0.1) is 0 Å². The lowest BCUT2D eigenvalue weighted by atomic mass is 9.95. The molecule has 0 bridgehead atoms. The molecule has 5 rings (SSSR count). The zero-order chi connectivity index (χ0) is 20.3. The molecule has 1 N–H and O–H groups in total. The van der Waals surface area contributed by atoms with E-state index < -0.39 is 11.9 Å². The summed E-state index contributed by atoms with van der Waals surface area (Å²) in [4.78, 5) is 28.5. The van der Waals surface area contributed by atoms with Crippen LogP contribution in [0.3, 0.4) is 0 Å². The number of carbonyl (C=O) groups excluding carboxylic acids is 2. The summed E-state index contributed by atoms with van der Waals surface area (Å²) in [5.41, 5.74) is 3.41. The SMILES string of the molecule is CCn1cc(C2=C(c3c[nH]c4cc(Cl)ccc34)C(=O)OC2=O)c2ccc(Cl)cc21. The number of carbonyl (C=O) groups is 2. The fourth-order valence-corrected chi connectivity index (χ4v) is 4.25. The van der Waals surface area contributed by atoms with E-state index >= 15 is 0 Å². The Bertz CT molecular complexity index is 1380. The molecule has 4 aromatic rings. The van der Waals surface area contributed by atoms with Gasteiger partial charge in [0.05, 0.1) is 16.7 Å². The average molecular weight is 425 g/mol.